The molecular weight excluding hydrogens is 246 g/mol. The molecule has 1 rings (SSSR count). The SMILES string of the molecule is CC(C)CC(CN(C)C)NCc1ccncc1Cl. The standard InChI is InChI=1S/C14H24ClN3/c1-11(2)7-13(10-18(3)4)17-8-12-5-6-16-9-14(12)15/h5-6,9,11,13,17H,7-8,10H2,1-4H3. The van der Waals surface area contributed by atoms with Gasteiger partial charge >= 0.3 is 0 Å². The maximum atomic E-state index is 6.11. The van der Waals surface area contributed by atoms with E-state index in [-0.39, 0.29) is 0 Å². The van der Waals surface area contributed by atoms with Crippen molar-refractivity contribution >= 4 is 11.6 Å². The van der Waals surface area contributed by atoms with Gasteiger partial charge in [0.05, 0.1) is 5.02 Å². The largest absolute Gasteiger partial charge is 0.309 e. The number of hydrogen-bond donors (Lipinski definition) is 1. The van der Waals surface area contributed by atoms with E-state index in [0.717, 1.165) is 23.7 Å². The van der Waals surface area contributed by atoms with Crippen molar-refractivity contribution in [2.45, 2.75) is 32.9 Å². The third-order valence-corrected chi connectivity index (χ3v) is 3.12. The number of rotatable bonds is 7. The fraction of sp³-hybridized carbons (Fsp3) is 0.643. The summed E-state index contributed by atoms with van der Waals surface area (Å²) in [6, 6.07) is 2.46. The molecule has 1 aromatic heterocycles. The molecule has 0 aliphatic carbocycles. The number of nitrogens with zero attached hydrogens (tertiary/aromatic N) is 2. The van der Waals surface area contributed by atoms with Crippen molar-refractivity contribution in [3.63, 3.8) is 0 Å². The monoisotopic (exact) mass is 269 g/mol. The number of nitrogens with one attached hydrogen (secondary N) is 1. The molecule has 0 radical (unpaired) electrons. The summed E-state index contributed by atoms with van der Waals surface area (Å²) >= 11 is 6.11. The Morgan fingerprint density at radius 2 is 2.11 bits per heavy atom. The van der Waals surface area contributed by atoms with Crippen LogP contribution in [0.3, 0.4) is 0 Å². The first-order valence-electron chi connectivity index (χ1n) is 6.45. The first kappa shape index (κ1) is 15.4. The van der Waals surface area contributed by atoms with Gasteiger partial charge in [0.25, 0.3) is 0 Å². The topological polar surface area (TPSA) is 28.2 Å². The zero-order valence-electron chi connectivity index (χ0n) is 11.8. The highest BCUT2D eigenvalue weighted by Gasteiger charge is 2.12. The lowest BCUT2D eigenvalue weighted by Gasteiger charge is -2.24. The van der Waals surface area contributed by atoms with Crippen molar-refractivity contribution in [2.75, 3.05) is 20.6 Å². The normalized spacial score (nSPS) is 13.3. The lowest BCUT2D eigenvalue weighted by molar-refractivity contribution is 0.305. The Morgan fingerprint density at radius 1 is 1.39 bits per heavy atom. The molecule has 1 aromatic rings. The predicted molar refractivity (Wildman–Crippen MR) is 77.9 cm³/mol. The van der Waals surface area contributed by atoms with Crippen LogP contribution in [0, 0.1) is 5.92 Å². The van der Waals surface area contributed by atoms with Crippen LogP contribution in [0.25, 0.3) is 0 Å². The Bertz CT molecular complexity index is 343. The number of likely N-dealkylation sites (N-methyl/N-ethyl adjacent to an activating group) is 1. The van der Waals surface area contributed by atoms with Gasteiger partial charge in [0.1, 0.15) is 0 Å². The van der Waals surface area contributed by atoms with Crippen LogP contribution in [0.4, 0.5) is 0 Å². The summed E-state index contributed by atoms with van der Waals surface area (Å²) in [5, 5.41) is 4.32. The molecule has 1 N–H and O–H groups in total. The third kappa shape index (κ3) is 5.80. The maximum absolute atomic E-state index is 6.11. The first-order valence-corrected chi connectivity index (χ1v) is 6.83. The second kappa shape index (κ2) is 7.72. The minimum atomic E-state index is 0.490. The van der Waals surface area contributed by atoms with Crippen LogP contribution in [0.1, 0.15) is 25.8 Å². The molecule has 1 atom stereocenters. The molecule has 4 heteroatoms. The van der Waals surface area contributed by atoms with Crippen molar-refractivity contribution in [1.82, 2.24) is 15.2 Å². The lowest BCUT2D eigenvalue weighted by Crippen LogP contribution is -2.38. The third-order valence-electron chi connectivity index (χ3n) is 2.78. The van der Waals surface area contributed by atoms with Crippen molar-refractivity contribution in [3.05, 3.63) is 29.0 Å². The van der Waals surface area contributed by atoms with Crippen molar-refractivity contribution in [3.8, 4) is 0 Å². The predicted octanol–water partition coefficient (Wildman–Crippen LogP) is 2.80. The second-order valence-corrected chi connectivity index (χ2v) is 5.84. The Hall–Kier alpha value is -0.640. The fourth-order valence-electron chi connectivity index (χ4n) is 2.03. The van der Waals surface area contributed by atoms with Gasteiger partial charge in [0.2, 0.25) is 0 Å². The summed E-state index contributed by atoms with van der Waals surface area (Å²) in [7, 11) is 4.21. The van der Waals surface area contributed by atoms with E-state index in [2.05, 4.69) is 43.1 Å². The van der Waals surface area contributed by atoms with Gasteiger partial charge in [0.15, 0.2) is 0 Å². The molecular formula is C14H24ClN3. The van der Waals surface area contributed by atoms with E-state index in [1.807, 2.05) is 6.07 Å². The van der Waals surface area contributed by atoms with Gasteiger partial charge in [-0.15, -0.1) is 0 Å². The molecule has 1 heterocycles. The summed E-state index contributed by atoms with van der Waals surface area (Å²) < 4.78 is 0. The van der Waals surface area contributed by atoms with E-state index in [0.29, 0.717) is 12.0 Å². The van der Waals surface area contributed by atoms with Crippen molar-refractivity contribution in [1.29, 1.82) is 0 Å². The first-order chi connectivity index (χ1) is 8.49. The summed E-state index contributed by atoms with van der Waals surface area (Å²) in [5.41, 5.74) is 1.11. The van der Waals surface area contributed by atoms with E-state index in [1.54, 1.807) is 12.4 Å². The van der Waals surface area contributed by atoms with Gasteiger partial charge in [-0.2, -0.15) is 0 Å². The number of halogens is 1. The molecule has 3 nitrogen and oxygen atoms in total. The maximum Gasteiger partial charge on any atom is 0.0634 e. The van der Waals surface area contributed by atoms with Crippen LogP contribution in [-0.2, 0) is 6.54 Å². The lowest BCUT2D eigenvalue weighted by atomic mass is 10.0. The van der Waals surface area contributed by atoms with Crippen LogP contribution in [0.2, 0.25) is 5.02 Å². The van der Waals surface area contributed by atoms with Gasteiger partial charge in [-0.25, -0.2) is 0 Å². The molecule has 0 saturated carbocycles. The highest BCUT2D eigenvalue weighted by molar-refractivity contribution is 6.31. The van der Waals surface area contributed by atoms with Crippen LogP contribution in [-0.4, -0.2) is 36.6 Å². The van der Waals surface area contributed by atoms with Crippen LogP contribution < -0.4 is 5.32 Å². The van der Waals surface area contributed by atoms with E-state index < -0.39 is 0 Å². The van der Waals surface area contributed by atoms with E-state index in [9.17, 15) is 0 Å². The van der Waals surface area contributed by atoms with Crippen LogP contribution in [0.5, 0.6) is 0 Å². The molecule has 0 aromatic carbocycles. The molecule has 0 saturated heterocycles. The summed E-state index contributed by atoms with van der Waals surface area (Å²) in [4.78, 5) is 6.22. The minimum absolute atomic E-state index is 0.490. The van der Waals surface area contributed by atoms with Crippen LogP contribution >= 0.6 is 11.6 Å². The number of aromatic nitrogens is 1. The van der Waals surface area contributed by atoms with Gasteiger partial charge < -0.3 is 10.2 Å². The van der Waals surface area contributed by atoms with Crippen LogP contribution in [0.15, 0.2) is 18.5 Å². The Labute approximate surface area is 116 Å². The zero-order chi connectivity index (χ0) is 13.5. The number of pyridine rings is 1. The molecule has 0 bridgehead atoms. The molecule has 102 valence electrons. The van der Waals surface area contributed by atoms with E-state index >= 15 is 0 Å². The Kier molecular flexibility index (Phi) is 6.61. The van der Waals surface area contributed by atoms with Gasteiger partial charge in [-0.05, 0) is 38.1 Å². The van der Waals surface area contributed by atoms with E-state index in [1.165, 1.54) is 6.42 Å². The average molecular weight is 270 g/mol. The van der Waals surface area contributed by atoms with E-state index in [4.69, 9.17) is 11.6 Å². The van der Waals surface area contributed by atoms with Gasteiger partial charge in [-0.1, -0.05) is 25.4 Å². The molecule has 0 aliphatic rings. The highest BCUT2D eigenvalue weighted by Crippen LogP contribution is 2.14. The molecule has 0 spiro atoms. The fourth-order valence-corrected chi connectivity index (χ4v) is 2.22. The highest BCUT2D eigenvalue weighted by atomic mass is 35.5. The molecule has 0 aliphatic heterocycles. The smallest absolute Gasteiger partial charge is 0.0634 e. The molecule has 0 fully saturated rings. The molecule has 18 heavy (non-hydrogen) atoms. The number of hydrogen-bond acceptors (Lipinski definition) is 3. The van der Waals surface area contributed by atoms with Crippen molar-refractivity contribution in [2.24, 2.45) is 5.92 Å². The quantitative estimate of drug-likeness (QED) is 0.825. The molecule has 0 amide bonds. The van der Waals surface area contributed by atoms with Gasteiger partial charge in [0, 0.05) is 31.5 Å². The van der Waals surface area contributed by atoms with Crippen molar-refractivity contribution < 1.29 is 0 Å². The average Bonchev–Trinajstić information content (AvgIpc) is 2.26. The second-order valence-electron chi connectivity index (χ2n) is 5.44. The summed E-state index contributed by atoms with van der Waals surface area (Å²) in [6.45, 7) is 6.35. The zero-order valence-corrected chi connectivity index (χ0v) is 12.5. The summed E-state index contributed by atoms with van der Waals surface area (Å²) in [6.07, 6.45) is 4.65. The summed E-state index contributed by atoms with van der Waals surface area (Å²) in [5.74, 6) is 0.690. The Morgan fingerprint density at radius 3 is 2.67 bits per heavy atom. The Balaban J connectivity index is 2.53. The molecule has 1 unspecified atom stereocenters. The van der Waals surface area contributed by atoms with Gasteiger partial charge in [-0.3, -0.25) is 4.98 Å². The minimum Gasteiger partial charge on any atom is -0.309 e.